The van der Waals surface area contributed by atoms with Crippen molar-refractivity contribution in [2.24, 2.45) is 0 Å². The summed E-state index contributed by atoms with van der Waals surface area (Å²) in [6.45, 7) is -0.0118. The van der Waals surface area contributed by atoms with Crippen molar-refractivity contribution in [3.63, 3.8) is 0 Å². The van der Waals surface area contributed by atoms with Crippen molar-refractivity contribution < 1.29 is 17.6 Å². The molecule has 0 radical (unpaired) electrons. The van der Waals surface area contributed by atoms with Crippen molar-refractivity contribution in [3.8, 4) is 10.6 Å². The lowest BCUT2D eigenvalue weighted by Gasteiger charge is -2.24. The van der Waals surface area contributed by atoms with Gasteiger partial charge in [0.2, 0.25) is 0 Å². The van der Waals surface area contributed by atoms with E-state index in [2.05, 4.69) is 19.9 Å². The van der Waals surface area contributed by atoms with Gasteiger partial charge in [0.15, 0.2) is 26.5 Å². The molecule has 0 bridgehead atoms. The molecule has 0 atom stereocenters. The molecule has 12 heteroatoms. The first kappa shape index (κ1) is 24.4. The van der Waals surface area contributed by atoms with Crippen LogP contribution in [0.3, 0.4) is 0 Å². The molecule has 0 aliphatic heterocycles. The van der Waals surface area contributed by atoms with Gasteiger partial charge in [0.1, 0.15) is 9.88 Å². The zero-order valence-corrected chi connectivity index (χ0v) is 21.0. The number of carbonyl (C=O) groups excluding carboxylic acids is 1. The number of thiazole rings is 1. The van der Waals surface area contributed by atoms with Gasteiger partial charge in [0, 0.05) is 35.8 Å². The van der Waals surface area contributed by atoms with E-state index in [0.717, 1.165) is 23.2 Å². The van der Waals surface area contributed by atoms with Gasteiger partial charge in [-0.15, -0.1) is 11.3 Å². The summed E-state index contributed by atoms with van der Waals surface area (Å²) >= 11 is 1.16. The molecule has 2 N–H and O–H groups in total. The first-order valence-corrected chi connectivity index (χ1v) is 13.6. The number of hydrogen-bond acceptors (Lipinski definition) is 9. The number of carbonyl (C=O) groups is 1. The molecule has 0 aliphatic rings. The Labute approximate surface area is 215 Å². The van der Waals surface area contributed by atoms with Crippen molar-refractivity contribution in [1.82, 2.24) is 19.9 Å². The van der Waals surface area contributed by atoms with Crippen LogP contribution in [-0.4, -0.2) is 40.5 Å². The molecular weight excluding hydrogens is 515 g/mol. The SMILES string of the molecule is CS(=O)(=O)c1ncccc1N(Cc1ccc2cc(F)c(N)nc2c1)C(=O)c1cnc(-c2cccnc2)s1. The van der Waals surface area contributed by atoms with E-state index in [9.17, 15) is 17.6 Å². The van der Waals surface area contributed by atoms with Gasteiger partial charge in [-0.1, -0.05) is 12.1 Å². The van der Waals surface area contributed by atoms with Crippen molar-refractivity contribution in [2.75, 3.05) is 16.9 Å². The number of nitrogens with zero attached hydrogens (tertiary/aromatic N) is 5. The minimum absolute atomic E-state index is 0.0118. The number of hydrogen-bond donors (Lipinski definition) is 1. The normalized spacial score (nSPS) is 11.5. The largest absolute Gasteiger partial charge is 0.381 e. The Kier molecular flexibility index (Phi) is 6.36. The number of halogens is 1. The average Bonchev–Trinajstić information content (AvgIpc) is 3.38. The minimum atomic E-state index is -3.77. The van der Waals surface area contributed by atoms with E-state index in [-0.39, 0.29) is 23.1 Å². The molecule has 0 fully saturated rings. The zero-order chi connectivity index (χ0) is 26.2. The summed E-state index contributed by atoms with van der Waals surface area (Å²) < 4.78 is 38.9. The van der Waals surface area contributed by atoms with Crippen LogP contribution in [0.1, 0.15) is 15.2 Å². The molecule has 0 saturated carbocycles. The Bertz CT molecular complexity index is 1740. The third-order valence-corrected chi connectivity index (χ3v) is 7.52. The Morgan fingerprint density at radius 1 is 1.08 bits per heavy atom. The maximum absolute atomic E-state index is 13.8. The van der Waals surface area contributed by atoms with Gasteiger partial charge in [-0.2, -0.15) is 0 Å². The molecule has 5 rings (SSSR count). The van der Waals surface area contributed by atoms with E-state index in [4.69, 9.17) is 5.73 Å². The molecule has 9 nitrogen and oxygen atoms in total. The molecule has 4 aromatic heterocycles. The number of rotatable bonds is 6. The molecule has 37 heavy (non-hydrogen) atoms. The van der Waals surface area contributed by atoms with Crippen molar-refractivity contribution in [1.29, 1.82) is 0 Å². The van der Waals surface area contributed by atoms with Gasteiger partial charge in [0.05, 0.1) is 23.9 Å². The predicted molar refractivity (Wildman–Crippen MR) is 139 cm³/mol. The number of aromatic nitrogens is 4. The van der Waals surface area contributed by atoms with Gasteiger partial charge < -0.3 is 10.6 Å². The van der Waals surface area contributed by atoms with Gasteiger partial charge in [-0.25, -0.2) is 27.8 Å². The van der Waals surface area contributed by atoms with Gasteiger partial charge in [-0.05, 0) is 42.0 Å². The van der Waals surface area contributed by atoms with E-state index < -0.39 is 21.6 Å². The van der Waals surface area contributed by atoms with Crippen molar-refractivity contribution in [3.05, 3.63) is 89.6 Å². The second-order valence-corrected chi connectivity index (χ2v) is 11.1. The summed E-state index contributed by atoms with van der Waals surface area (Å²) in [6, 6.07) is 13.0. The zero-order valence-electron chi connectivity index (χ0n) is 19.4. The van der Waals surface area contributed by atoms with Gasteiger partial charge in [-0.3, -0.25) is 9.78 Å². The molecule has 0 unspecified atom stereocenters. The number of nitrogens with two attached hydrogens (primary N) is 1. The summed E-state index contributed by atoms with van der Waals surface area (Å²) in [4.78, 5) is 32.0. The molecule has 4 heterocycles. The quantitative estimate of drug-likeness (QED) is 0.344. The molecular formula is C25H19FN6O3S2. The number of amides is 1. The van der Waals surface area contributed by atoms with Crippen LogP contribution in [0.5, 0.6) is 0 Å². The maximum atomic E-state index is 13.8. The standard InChI is InChI=1S/C25H19FN6O3S2/c1-37(34,35)24-20(5-3-9-29-24)32(14-15-6-7-16-11-18(26)22(27)31-19(16)10-15)25(33)21-13-30-23(36-21)17-4-2-8-28-12-17/h2-13H,14H2,1H3,(H2,27,31). The van der Waals surface area contributed by atoms with Crippen LogP contribution < -0.4 is 10.6 Å². The second-order valence-electron chi connectivity index (χ2n) is 8.14. The molecule has 1 amide bonds. The number of sulfone groups is 1. The molecule has 186 valence electrons. The number of pyridine rings is 3. The second kappa shape index (κ2) is 9.64. The number of fused-ring (bicyclic) bond motifs is 1. The first-order valence-electron chi connectivity index (χ1n) is 10.9. The fourth-order valence-corrected chi connectivity index (χ4v) is 5.42. The highest BCUT2D eigenvalue weighted by Crippen LogP contribution is 2.31. The lowest BCUT2D eigenvalue weighted by molar-refractivity contribution is 0.0988. The van der Waals surface area contributed by atoms with Crippen LogP contribution in [0.2, 0.25) is 0 Å². The third-order valence-electron chi connectivity index (χ3n) is 5.47. The van der Waals surface area contributed by atoms with Crippen LogP contribution >= 0.6 is 11.3 Å². The van der Waals surface area contributed by atoms with Crippen molar-refractivity contribution in [2.45, 2.75) is 11.6 Å². The summed E-state index contributed by atoms with van der Waals surface area (Å²) in [7, 11) is -3.77. The molecule has 1 aromatic carbocycles. The lowest BCUT2D eigenvalue weighted by atomic mass is 10.1. The molecule has 0 spiro atoms. The Balaban J connectivity index is 1.59. The van der Waals surface area contributed by atoms with Gasteiger partial charge >= 0.3 is 0 Å². The number of benzene rings is 1. The van der Waals surface area contributed by atoms with Crippen LogP contribution in [0.4, 0.5) is 15.9 Å². The summed E-state index contributed by atoms with van der Waals surface area (Å²) in [5.74, 6) is -1.33. The molecule has 0 aliphatic carbocycles. The highest BCUT2D eigenvalue weighted by atomic mass is 32.2. The fraction of sp³-hybridized carbons (Fsp3) is 0.0800. The van der Waals surface area contributed by atoms with E-state index in [1.165, 1.54) is 29.4 Å². The van der Waals surface area contributed by atoms with E-state index in [1.807, 2.05) is 6.07 Å². The van der Waals surface area contributed by atoms with Gasteiger partial charge in [0.25, 0.3) is 5.91 Å². The number of nitrogen functional groups attached to an aromatic ring is 1. The van der Waals surface area contributed by atoms with Crippen LogP contribution in [-0.2, 0) is 16.4 Å². The van der Waals surface area contributed by atoms with E-state index >= 15 is 0 Å². The topological polar surface area (TPSA) is 132 Å². The van der Waals surface area contributed by atoms with Crippen LogP contribution in [0.25, 0.3) is 21.5 Å². The van der Waals surface area contributed by atoms with Crippen molar-refractivity contribution >= 4 is 49.5 Å². The molecule has 5 aromatic rings. The fourth-order valence-electron chi connectivity index (χ4n) is 3.75. The Hall–Kier alpha value is -4.29. The summed E-state index contributed by atoms with van der Waals surface area (Å²) in [6.07, 6.45) is 7.12. The highest BCUT2D eigenvalue weighted by molar-refractivity contribution is 7.90. The Morgan fingerprint density at radius 2 is 1.89 bits per heavy atom. The van der Waals surface area contributed by atoms with Crippen LogP contribution in [0.15, 0.2) is 78.3 Å². The minimum Gasteiger partial charge on any atom is -0.381 e. The maximum Gasteiger partial charge on any atom is 0.270 e. The predicted octanol–water partition coefficient (Wildman–Crippen LogP) is 4.12. The van der Waals surface area contributed by atoms with Crippen LogP contribution in [0, 0.1) is 5.82 Å². The smallest absolute Gasteiger partial charge is 0.270 e. The Morgan fingerprint density at radius 3 is 2.65 bits per heavy atom. The van der Waals surface area contributed by atoms with E-state index in [1.54, 1.807) is 42.7 Å². The average molecular weight is 535 g/mol. The highest BCUT2D eigenvalue weighted by Gasteiger charge is 2.27. The first-order chi connectivity index (χ1) is 17.7. The summed E-state index contributed by atoms with van der Waals surface area (Å²) in [5, 5.41) is 0.902. The summed E-state index contributed by atoms with van der Waals surface area (Å²) in [5.41, 5.74) is 7.57. The monoisotopic (exact) mass is 534 g/mol. The number of anilines is 2. The lowest BCUT2D eigenvalue weighted by Crippen LogP contribution is -2.31. The third kappa shape index (κ3) is 5.01. The molecule has 0 saturated heterocycles. The van der Waals surface area contributed by atoms with E-state index in [0.29, 0.717) is 26.4 Å².